The number of hydrogen-bond acceptors (Lipinski definition) is 4. The number of esters is 1. The van der Waals surface area contributed by atoms with E-state index in [2.05, 4.69) is 9.97 Å². The molecule has 0 aliphatic rings. The van der Waals surface area contributed by atoms with Crippen LogP contribution in [0.2, 0.25) is 0 Å². The van der Waals surface area contributed by atoms with Crippen molar-refractivity contribution in [3.8, 4) is 0 Å². The topological polar surface area (TPSA) is 52.1 Å². The van der Waals surface area contributed by atoms with Gasteiger partial charge in [-0.2, -0.15) is 0 Å². The number of nitrogens with zero attached hydrogens (tertiary/aromatic N) is 2. The third kappa shape index (κ3) is 4.17. The van der Waals surface area contributed by atoms with E-state index in [1.807, 2.05) is 32.0 Å². The zero-order valence-corrected chi connectivity index (χ0v) is 11.5. The summed E-state index contributed by atoms with van der Waals surface area (Å²) in [5.41, 5.74) is 2.23. The average molecular weight is 258 g/mol. The number of methoxy groups -OCH3 is 1. The molecule has 0 saturated carbocycles. The van der Waals surface area contributed by atoms with Gasteiger partial charge >= 0.3 is 5.97 Å². The standard InChI is InChI=1S/C13H12N2O2.C2H6/c1-17-13(16)12-11(5-3-7-15-12)8-10-4-2-6-14-9-10;1-2/h2-7,9H,8H2,1H3;1-2H3. The molecule has 0 aliphatic heterocycles. The molecule has 0 aliphatic carbocycles. The molecule has 2 aromatic rings. The molecule has 4 nitrogen and oxygen atoms in total. The molecule has 0 N–H and O–H groups in total. The lowest BCUT2D eigenvalue weighted by atomic mass is 10.1. The van der Waals surface area contributed by atoms with Crippen LogP contribution in [0.15, 0.2) is 42.9 Å². The Morgan fingerprint density at radius 3 is 2.58 bits per heavy atom. The second-order valence-electron chi connectivity index (χ2n) is 3.54. The van der Waals surface area contributed by atoms with Crippen LogP contribution in [-0.4, -0.2) is 23.0 Å². The Morgan fingerprint density at radius 1 is 1.21 bits per heavy atom. The molecule has 0 unspecified atom stereocenters. The summed E-state index contributed by atoms with van der Waals surface area (Å²) in [6.45, 7) is 4.00. The van der Waals surface area contributed by atoms with Crippen molar-refractivity contribution < 1.29 is 9.53 Å². The first-order valence-electron chi connectivity index (χ1n) is 6.22. The fourth-order valence-corrected chi connectivity index (χ4v) is 1.58. The van der Waals surface area contributed by atoms with Crippen LogP contribution in [0, 0.1) is 0 Å². The minimum absolute atomic E-state index is 0.360. The van der Waals surface area contributed by atoms with E-state index in [9.17, 15) is 4.79 Å². The second kappa shape index (κ2) is 7.97. The van der Waals surface area contributed by atoms with Crippen molar-refractivity contribution in [2.24, 2.45) is 0 Å². The van der Waals surface area contributed by atoms with Gasteiger partial charge < -0.3 is 4.74 Å². The molecule has 4 heteroatoms. The Labute approximate surface area is 113 Å². The quantitative estimate of drug-likeness (QED) is 0.794. The van der Waals surface area contributed by atoms with E-state index in [1.54, 1.807) is 24.7 Å². The molecule has 2 heterocycles. The lowest BCUT2D eigenvalue weighted by molar-refractivity contribution is 0.0593. The molecule has 0 fully saturated rings. The van der Waals surface area contributed by atoms with Crippen LogP contribution in [-0.2, 0) is 11.2 Å². The summed E-state index contributed by atoms with van der Waals surface area (Å²) in [7, 11) is 1.35. The van der Waals surface area contributed by atoms with Crippen LogP contribution in [0.4, 0.5) is 0 Å². The number of carbonyl (C=O) groups excluding carboxylic acids is 1. The third-order valence-corrected chi connectivity index (χ3v) is 2.39. The van der Waals surface area contributed by atoms with Gasteiger partial charge in [-0.3, -0.25) is 4.98 Å². The maximum atomic E-state index is 11.5. The molecular formula is C15H18N2O2. The Bertz CT molecular complexity index is 513. The Balaban J connectivity index is 0.000000861. The van der Waals surface area contributed by atoms with Crippen LogP contribution in [0.1, 0.15) is 35.5 Å². The van der Waals surface area contributed by atoms with Gasteiger partial charge in [0.2, 0.25) is 0 Å². The summed E-state index contributed by atoms with van der Waals surface area (Å²) in [5, 5.41) is 0. The molecule has 0 amide bonds. The van der Waals surface area contributed by atoms with Gasteiger partial charge in [0.25, 0.3) is 0 Å². The predicted octanol–water partition coefficient (Wildman–Crippen LogP) is 2.88. The molecule has 100 valence electrons. The highest BCUT2D eigenvalue weighted by molar-refractivity contribution is 5.88. The highest BCUT2D eigenvalue weighted by atomic mass is 16.5. The molecule has 2 aromatic heterocycles. The molecule has 0 spiro atoms. The first kappa shape index (κ1) is 14.8. The summed E-state index contributed by atoms with van der Waals surface area (Å²) < 4.78 is 4.70. The largest absolute Gasteiger partial charge is 0.464 e. The number of pyridine rings is 2. The van der Waals surface area contributed by atoms with Crippen LogP contribution < -0.4 is 0 Å². The second-order valence-corrected chi connectivity index (χ2v) is 3.54. The Kier molecular flexibility index (Phi) is 6.22. The van der Waals surface area contributed by atoms with Crippen molar-refractivity contribution >= 4 is 5.97 Å². The van der Waals surface area contributed by atoms with Crippen LogP contribution in [0.5, 0.6) is 0 Å². The van der Waals surface area contributed by atoms with E-state index in [1.165, 1.54) is 7.11 Å². The van der Waals surface area contributed by atoms with Crippen molar-refractivity contribution in [3.63, 3.8) is 0 Å². The number of hydrogen-bond donors (Lipinski definition) is 0. The number of carbonyl (C=O) groups is 1. The van der Waals surface area contributed by atoms with E-state index < -0.39 is 5.97 Å². The molecule has 0 saturated heterocycles. The summed E-state index contributed by atoms with van der Waals surface area (Å²) >= 11 is 0. The number of aromatic nitrogens is 2. The van der Waals surface area contributed by atoms with E-state index in [4.69, 9.17) is 4.74 Å². The zero-order chi connectivity index (χ0) is 14.1. The first-order valence-corrected chi connectivity index (χ1v) is 6.22. The third-order valence-electron chi connectivity index (χ3n) is 2.39. The smallest absolute Gasteiger partial charge is 0.356 e. The maximum Gasteiger partial charge on any atom is 0.356 e. The van der Waals surface area contributed by atoms with Gasteiger partial charge in [0, 0.05) is 25.0 Å². The summed E-state index contributed by atoms with van der Waals surface area (Å²) in [4.78, 5) is 19.6. The summed E-state index contributed by atoms with van der Waals surface area (Å²) in [6.07, 6.45) is 5.69. The lowest BCUT2D eigenvalue weighted by Crippen LogP contribution is -2.08. The highest BCUT2D eigenvalue weighted by Gasteiger charge is 2.12. The van der Waals surface area contributed by atoms with Gasteiger partial charge in [-0.15, -0.1) is 0 Å². The van der Waals surface area contributed by atoms with Gasteiger partial charge in [0.05, 0.1) is 7.11 Å². The number of ether oxygens (including phenoxy) is 1. The molecule has 0 bridgehead atoms. The van der Waals surface area contributed by atoms with Crippen LogP contribution >= 0.6 is 0 Å². The Morgan fingerprint density at radius 2 is 1.95 bits per heavy atom. The molecule has 2 rings (SSSR count). The van der Waals surface area contributed by atoms with Crippen molar-refractivity contribution in [3.05, 3.63) is 59.7 Å². The lowest BCUT2D eigenvalue weighted by Gasteiger charge is -2.06. The zero-order valence-electron chi connectivity index (χ0n) is 11.5. The highest BCUT2D eigenvalue weighted by Crippen LogP contribution is 2.12. The van der Waals surface area contributed by atoms with Crippen molar-refractivity contribution in [2.45, 2.75) is 20.3 Å². The number of rotatable bonds is 3. The maximum absolute atomic E-state index is 11.5. The molecule has 0 aromatic carbocycles. The van der Waals surface area contributed by atoms with E-state index in [0.29, 0.717) is 12.1 Å². The van der Waals surface area contributed by atoms with Gasteiger partial charge in [0.1, 0.15) is 0 Å². The van der Waals surface area contributed by atoms with Gasteiger partial charge in [-0.05, 0) is 23.3 Å². The van der Waals surface area contributed by atoms with Gasteiger partial charge in [-0.1, -0.05) is 26.0 Å². The average Bonchev–Trinajstić information content (AvgIpc) is 2.50. The van der Waals surface area contributed by atoms with E-state index in [0.717, 1.165) is 11.1 Å². The minimum atomic E-state index is -0.413. The van der Waals surface area contributed by atoms with Crippen LogP contribution in [0.25, 0.3) is 0 Å². The monoisotopic (exact) mass is 258 g/mol. The predicted molar refractivity (Wildman–Crippen MR) is 74.0 cm³/mol. The van der Waals surface area contributed by atoms with Gasteiger partial charge in [0.15, 0.2) is 5.69 Å². The SMILES string of the molecule is CC.COC(=O)c1ncccc1Cc1cccnc1. The molecular weight excluding hydrogens is 240 g/mol. The first-order chi connectivity index (χ1) is 9.31. The normalized spacial score (nSPS) is 9.21. The van der Waals surface area contributed by atoms with Gasteiger partial charge in [-0.25, -0.2) is 9.78 Å². The van der Waals surface area contributed by atoms with Crippen molar-refractivity contribution in [1.29, 1.82) is 0 Å². The van der Waals surface area contributed by atoms with Crippen LogP contribution in [0.3, 0.4) is 0 Å². The van der Waals surface area contributed by atoms with Crippen molar-refractivity contribution in [1.82, 2.24) is 9.97 Å². The summed E-state index contributed by atoms with van der Waals surface area (Å²) in [5.74, 6) is -0.413. The molecule has 19 heavy (non-hydrogen) atoms. The minimum Gasteiger partial charge on any atom is -0.464 e. The molecule has 0 atom stereocenters. The Hall–Kier alpha value is -2.23. The van der Waals surface area contributed by atoms with E-state index in [-0.39, 0.29) is 0 Å². The molecule has 0 radical (unpaired) electrons. The fourth-order valence-electron chi connectivity index (χ4n) is 1.58. The van der Waals surface area contributed by atoms with Crippen molar-refractivity contribution in [2.75, 3.05) is 7.11 Å². The van der Waals surface area contributed by atoms with E-state index >= 15 is 0 Å². The summed E-state index contributed by atoms with van der Waals surface area (Å²) in [6, 6.07) is 7.50. The fraction of sp³-hybridized carbons (Fsp3) is 0.267.